The number of aromatic nitrogens is 3. The first-order valence-electron chi connectivity index (χ1n) is 6.48. The van der Waals surface area contributed by atoms with Crippen LogP contribution in [0.5, 0.6) is 0 Å². The molecule has 0 fully saturated rings. The maximum Gasteiger partial charge on any atom is 0.135 e. The van der Waals surface area contributed by atoms with Gasteiger partial charge in [-0.05, 0) is 26.0 Å². The molecule has 1 aromatic carbocycles. The molecular formula is C16H14ClN3. The van der Waals surface area contributed by atoms with E-state index in [1.807, 2.05) is 38.1 Å². The van der Waals surface area contributed by atoms with Gasteiger partial charge in [-0.3, -0.25) is 4.98 Å². The molecule has 0 atom stereocenters. The Bertz CT molecular complexity index is 784. The molecule has 0 aliphatic rings. The number of benzene rings is 1. The lowest BCUT2D eigenvalue weighted by Crippen LogP contribution is -2.02. The molecule has 0 aliphatic carbocycles. The van der Waals surface area contributed by atoms with E-state index in [1.165, 1.54) is 0 Å². The first-order valence-corrected chi connectivity index (χ1v) is 6.85. The highest BCUT2D eigenvalue weighted by Crippen LogP contribution is 2.19. The lowest BCUT2D eigenvalue weighted by molar-refractivity contribution is 0.929. The van der Waals surface area contributed by atoms with Gasteiger partial charge in [0.15, 0.2) is 0 Å². The van der Waals surface area contributed by atoms with Gasteiger partial charge in [0.05, 0.1) is 11.2 Å². The minimum absolute atomic E-state index is 0.522. The topological polar surface area (TPSA) is 38.7 Å². The number of hydrogen-bond donors (Lipinski definition) is 0. The predicted molar refractivity (Wildman–Crippen MR) is 81.1 cm³/mol. The number of pyridine rings is 1. The van der Waals surface area contributed by atoms with Gasteiger partial charge in [-0.25, -0.2) is 9.97 Å². The van der Waals surface area contributed by atoms with Crippen molar-refractivity contribution in [2.24, 2.45) is 0 Å². The molecule has 3 aromatic rings. The van der Waals surface area contributed by atoms with Crippen molar-refractivity contribution < 1.29 is 0 Å². The fraction of sp³-hybridized carbons (Fsp3) is 0.188. The molecule has 0 N–H and O–H groups in total. The van der Waals surface area contributed by atoms with Crippen molar-refractivity contribution >= 4 is 22.5 Å². The molecule has 0 unspecified atom stereocenters. The quantitative estimate of drug-likeness (QED) is 0.670. The average molecular weight is 284 g/mol. The third-order valence-corrected chi connectivity index (χ3v) is 3.67. The van der Waals surface area contributed by atoms with Crippen molar-refractivity contribution in [2.75, 3.05) is 0 Å². The zero-order valence-corrected chi connectivity index (χ0v) is 12.1. The van der Waals surface area contributed by atoms with Crippen molar-refractivity contribution in [3.05, 3.63) is 64.3 Å². The third-order valence-electron chi connectivity index (χ3n) is 3.30. The highest BCUT2D eigenvalue weighted by atomic mass is 35.5. The minimum atomic E-state index is 0.522. The second kappa shape index (κ2) is 5.17. The van der Waals surface area contributed by atoms with E-state index in [1.54, 1.807) is 0 Å². The SMILES string of the molecule is Cc1nc(Cl)c(C)c(Cc2ccc3ccccc3n2)n1. The Labute approximate surface area is 122 Å². The summed E-state index contributed by atoms with van der Waals surface area (Å²) in [6.07, 6.45) is 0.666. The molecule has 0 aliphatic heterocycles. The Kier molecular flexibility index (Phi) is 3.36. The number of rotatable bonds is 2. The van der Waals surface area contributed by atoms with Crippen LogP contribution >= 0.6 is 11.6 Å². The maximum atomic E-state index is 6.11. The molecule has 0 radical (unpaired) electrons. The maximum absolute atomic E-state index is 6.11. The Balaban J connectivity index is 2.01. The van der Waals surface area contributed by atoms with Crippen molar-refractivity contribution in [3.63, 3.8) is 0 Å². The largest absolute Gasteiger partial charge is 0.252 e. The molecule has 0 amide bonds. The number of fused-ring (bicyclic) bond motifs is 1. The summed E-state index contributed by atoms with van der Waals surface area (Å²) in [6.45, 7) is 3.79. The molecule has 3 rings (SSSR count). The van der Waals surface area contributed by atoms with E-state index in [0.29, 0.717) is 17.4 Å². The molecule has 20 heavy (non-hydrogen) atoms. The number of halogens is 1. The van der Waals surface area contributed by atoms with E-state index >= 15 is 0 Å². The summed E-state index contributed by atoms with van der Waals surface area (Å²) in [5, 5.41) is 1.66. The summed E-state index contributed by atoms with van der Waals surface area (Å²) in [5.74, 6) is 0.691. The van der Waals surface area contributed by atoms with Crippen LogP contribution in [0.3, 0.4) is 0 Å². The zero-order valence-electron chi connectivity index (χ0n) is 11.4. The van der Waals surface area contributed by atoms with Crippen molar-refractivity contribution in [1.29, 1.82) is 0 Å². The predicted octanol–water partition coefficient (Wildman–Crippen LogP) is 3.89. The van der Waals surface area contributed by atoms with Gasteiger partial charge in [-0.2, -0.15) is 0 Å². The lowest BCUT2D eigenvalue weighted by atomic mass is 10.1. The minimum Gasteiger partial charge on any atom is -0.252 e. The molecular weight excluding hydrogens is 270 g/mol. The van der Waals surface area contributed by atoms with E-state index in [-0.39, 0.29) is 0 Å². The van der Waals surface area contributed by atoms with Crippen molar-refractivity contribution in [2.45, 2.75) is 20.3 Å². The number of aryl methyl sites for hydroxylation is 1. The molecule has 2 heterocycles. The van der Waals surface area contributed by atoms with E-state index in [9.17, 15) is 0 Å². The first kappa shape index (κ1) is 13.0. The summed E-state index contributed by atoms with van der Waals surface area (Å²) in [4.78, 5) is 13.3. The molecule has 100 valence electrons. The van der Waals surface area contributed by atoms with Gasteiger partial charge < -0.3 is 0 Å². The van der Waals surface area contributed by atoms with Crippen LogP contribution in [0.15, 0.2) is 36.4 Å². The highest BCUT2D eigenvalue weighted by molar-refractivity contribution is 6.30. The average Bonchev–Trinajstić information content (AvgIpc) is 2.44. The third kappa shape index (κ3) is 2.49. The second-order valence-corrected chi connectivity index (χ2v) is 5.16. The van der Waals surface area contributed by atoms with E-state index in [0.717, 1.165) is 27.9 Å². The van der Waals surface area contributed by atoms with Gasteiger partial charge in [0.1, 0.15) is 11.0 Å². The number of hydrogen-bond acceptors (Lipinski definition) is 3. The van der Waals surface area contributed by atoms with Crippen molar-refractivity contribution in [3.8, 4) is 0 Å². The van der Waals surface area contributed by atoms with Gasteiger partial charge in [0.2, 0.25) is 0 Å². The van der Waals surface area contributed by atoms with Crippen LogP contribution in [0.25, 0.3) is 10.9 Å². The van der Waals surface area contributed by atoms with Gasteiger partial charge in [0, 0.05) is 23.1 Å². The van der Waals surface area contributed by atoms with Gasteiger partial charge in [0.25, 0.3) is 0 Å². The summed E-state index contributed by atoms with van der Waals surface area (Å²) < 4.78 is 0. The monoisotopic (exact) mass is 283 g/mol. The fourth-order valence-electron chi connectivity index (χ4n) is 2.20. The van der Waals surface area contributed by atoms with Crippen LogP contribution in [0.1, 0.15) is 22.8 Å². The summed E-state index contributed by atoms with van der Waals surface area (Å²) in [5.41, 5.74) is 3.85. The van der Waals surface area contributed by atoms with Crippen LogP contribution in [-0.2, 0) is 6.42 Å². The van der Waals surface area contributed by atoms with E-state index in [2.05, 4.69) is 27.1 Å². The molecule has 0 spiro atoms. The van der Waals surface area contributed by atoms with Gasteiger partial charge >= 0.3 is 0 Å². The van der Waals surface area contributed by atoms with Crippen LogP contribution in [0.4, 0.5) is 0 Å². The molecule has 4 heteroatoms. The Hall–Kier alpha value is -2.00. The first-order chi connectivity index (χ1) is 9.63. The van der Waals surface area contributed by atoms with Gasteiger partial charge in [-0.15, -0.1) is 0 Å². The Morgan fingerprint density at radius 3 is 2.60 bits per heavy atom. The second-order valence-electron chi connectivity index (χ2n) is 4.81. The van der Waals surface area contributed by atoms with Crippen LogP contribution in [0, 0.1) is 13.8 Å². The standard InChI is InChI=1S/C16H14ClN3/c1-10-15(18-11(2)19-16(10)17)9-13-8-7-12-5-3-4-6-14(12)20-13/h3-8H,9H2,1-2H3. The zero-order chi connectivity index (χ0) is 14.1. The number of para-hydroxylation sites is 1. The van der Waals surface area contributed by atoms with E-state index < -0.39 is 0 Å². The molecule has 0 saturated heterocycles. The van der Waals surface area contributed by atoms with Crippen molar-refractivity contribution in [1.82, 2.24) is 15.0 Å². The molecule has 2 aromatic heterocycles. The highest BCUT2D eigenvalue weighted by Gasteiger charge is 2.09. The van der Waals surface area contributed by atoms with Crippen LogP contribution in [-0.4, -0.2) is 15.0 Å². The van der Waals surface area contributed by atoms with E-state index in [4.69, 9.17) is 11.6 Å². The van der Waals surface area contributed by atoms with Crippen LogP contribution < -0.4 is 0 Å². The lowest BCUT2D eigenvalue weighted by Gasteiger charge is -2.08. The Morgan fingerprint density at radius 2 is 1.75 bits per heavy atom. The summed E-state index contributed by atoms with van der Waals surface area (Å²) in [7, 11) is 0. The Morgan fingerprint density at radius 1 is 0.950 bits per heavy atom. The molecule has 0 bridgehead atoms. The fourth-order valence-corrected chi connectivity index (χ4v) is 2.43. The molecule has 3 nitrogen and oxygen atoms in total. The molecule has 0 saturated carbocycles. The smallest absolute Gasteiger partial charge is 0.135 e. The normalized spacial score (nSPS) is 10.9. The number of nitrogens with zero attached hydrogens (tertiary/aromatic N) is 3. The van der Waals surface area contributed by atoms with Gasteiger partial charge in [-0.1, -0.05) is 35.9 Å². The summed E-state index contributed by atoms with van der Waals surface area (Å²) >= 11 is 6.11. The van der Waals surface area contributed by atoms with Crippen LogP contribution in [0.2, 0.25) is 5.15 Å². The summed E-state index contributed by atoms with van der Waals surface area (Å²) in [6, 6.07) is 12.2.